The predicted octanol–water partition coefficient (Wildman–Crippen LogP) is 2.94. The maximum atomic E-state index is 11.9. The molecule has 2 aromatic rings. The lowest BCUT2D eigenvalue weighted by Gasteiger charge is -2.08. The Hall–Kier alpha value is -2.08. The number of carbonyl (C=O) groups excluding carboxylic acids is 1. The number of carbonyl (C=O) groups is 1. The van der Waals surface area contributed by atoms with Gasteiger partial charge in [-0.2, -0.15) is 0 Å². The molecule has 0 atom stereocenters. The molecule has 1 amide bonds. The second-order valence-electron chi connectivity index (χ2n) is 6.00. The molecule has 1 heterocycles. The van der Waals surface area contributed by atoms with E-state index in [-0.39, 0.29) is 11.7 Å². The molecule has 128 valence electrons. The van der Waals surface area contributed by atoms with E-state index >= 15 is 0 Å². The van der Waals surface area contributed by atoms with Gasteiger partial charge >= 0.3 is 0 Å². The molecule has 0 fully saturated rings. The van der Waals surface area contributed by atoms with Gasteiger partial charge < -0.3 is 11.1 Å². The molecule has 2 rings (SSSR count). The summed E-state index contributed by atoms with van der Waals surface area (Å²) in [5.41, 5.74) is 9.03. The van der Waals surface area contributed by atoms with Gasteiger partial charge in [0.05, 0.1) is 5.75 Å². The van der Waals surface area contributed by atoms with Crippen molar-refractivity contribution in [2.45, 2.75) is 38.3 Å². The third-order valence-corrected chi connectivity index (χ3v) is 4.42. The fraction of sp³-hybridized carbons (Fsp3) is 0.389. The van der Waals surface area contributed by atoms with E-state index in [2.05, 4.69) is 53.4 Å². The second-order valence-corrected chi connectivity index (χ2v) is 6.94. The van der Waals surface area contributed by atoms with Crippen molar-refractivity contribution in [3.8, 4) is 0 Å². The lowest BCUT2D eigenvalue weighted by molar-refractivity contribution is -0.118. The monoisotopic (exact) mass is 344 g/mol. The molecule has 0 radical (unpaired) electrons. The molecule has 24 heavy (non-hydrogen) atoms. The molecule has 0 unspecified atom stereocenters. The first-order valence-corrected chi connectivity index (χ1v) is 9.02. The Morgan fingerprint density at radius 3 is 2.58 bits per heavy atom. The van der Waals surface area contributed by atoms with Crippen molar-refractivity contribution in [3.05, 3.63) is 47.2 Å². The van der Waals surface area contributed by atoms with Gasteiger partial charge in [0.15, 0.2) is 5.16 Å². The van der Waals surface area contributed by atoms with Crippen LogP contribution in [0.4, 0.5) is 5.82 Å². The van der Waals surface area contributed by atoms with Crippen LogP contribution in [0.2, 0.25) is 0 Å². The first kappa shape index (κ1) is 18.3. The summed E-state index contributed by atoms with van der Waals surface area (Å²) >= 11 is 1.29. The van der Waals surface area contributed by atoms with Gasteiger partial charge in [-0.15, -0.1) is 0 Å². The van der Waals surface area contributed by atoms with Crippen molar-refractivity contribution in [1.82, 2.24) is 15.3 Å². The highest BCUT2D eigenvalue weighted by molar-refractivity contribution is 7.99. The lowest BCUT2D eigenvalue weighted by atomic mass is 10.0. The number of thioether (sulfide) groups is 1. The number of aryl methyl sites for hydroxylation is 1. The van der Waals surface area contributed by atoms with Crippen molar-refractivity contribution in [3.63, 3.8) is 0 Å². The maximum Gasteiger partial charge on any atom is 0.230 e. The van der Waals surface area contributed by atoms with E-state index in [1.54, 1.807) is 6.07 Å². The topological polar surface area (TPSA) is 80.9 Å². The van der Waals surface area contributed by atoms with Crippen LogP contribution in [0.15, 0.2) is 35.5 Å². The normalized spacial score (nSPS) is 10.8. The largest absolute Gasteiger partial charge is 0.384 e. The van der Waals surface area contributed by atoms with E-state index < -0.39 is 0 Å². The Kier molecular flexibility index (Phi) is 6.61. The van der Waals surface area contributed by atoms with Gasteiger partial charge in [-0.25, -0.2) is 9.97 Å². The summed E-state index contributed by atoms with van der Waals surface area (Å²) in [6, 6.07) is 10.3. The summed E-state index contributed by atoms with van der Waals surface area (Å²) < 4.78 is 0. The fourth-order valence-electron chi connectivity index (χ4n) is 2.23. The van der Waals surface area contributed by atoms with Crippen LogP contribution >= 0.6 is 11.8 Å². The van der Waals surface area contributed by atoms with Crippen molar-refractivity contribution in [2.24, 2.45) is 0 Å². The molecule has 0 aliphatic rings. The molecule has 1 aromatic heterocycles. The van der Waals surface area contributed by atoms with Crippen molar-refractivity contribution in [2.75, 3.05) is 18.0 Å². The molecule has 0 saturated carbocycles. The highest BCUT2D eigenvalue weighted by atomic mass is 32.2. The summed E-state index contributed by atoms with van der Waals surface area (Å²) in [4.78, 5) is 20.3. The number of nitrogens with one attached hydrogen (secondary N) is 1. The summed E-state index contributed by atoms with van der Waals surface area (Å²) in [5.74, 6) is 1.22. The maximum absolute atomic E-state index is 11.9. The minimum Gasteiger partial charge on any atom is -0.384 e. The molecule has 0 saturated heterocycles. The lowest BCUT2D eigenvalue weighted by Crippen LogP contribution is -2.27. The van der Waals surface area contributed by atoms with E-state index in [0.717, 1.165) is 12.1 Å². The number of hydrogen-bond acceptors (Lipinski definition) is 5. The summed E-state index contributed by atoms with van der Waals surface area (Å²) in [7, 11) is 0. The van der Waals surface area contributed by atoms with Crippen molar-refractivity contribution in [1.29, 1.82) is 0 Å². The van der Waals surface area contributed by atoms with Crippen LogP contribution in [-0.4, -0.2) is 28.2 Å². The predicted molar refractivity (Wildman–Crippen MR) is 99.2 cm³/mol. The Bertz CT molecular complexity index is 666. The number of nitrogens with two attached hydrogens (primary N) is 1. The number of rotatable bonds is 7. The minimum absolute atomic E-state index is 0.0255. The smallest absolute Gasteiger partial charge is 0.230 e. The minimum atomic E-state index is -0.0255. The molecule has 6 heteroatoms. The fourth-order valence-corrected chi connectivity index (χ4v) is 2.97. The van der Waals surface area contributed by atoms with Crippen LogP contribution in [0, 0.1) is 6.92 Å². The van der Waals surface area contributed by atoms with Crippen LogP contribution in [0.3, 0.4) is 0 Å². The van der Waals surface area contributed by atoms with Crippen LogP contribution in [-0.2, 0) is 11.2 Å². The molecular formula is C18H24N4OS. The van der Waals surface area contributed by atoms with Crippen LogP contribution in [0.1, 0.15) is 36.6 Å². The van der Waals surface area contributed by atoms with Gasteiger partial charge in [0.25, 0.3) is 0 Å². The zero-order chi connectivity index (χ0) is 17.5. The van der Waals surface area contributed by atoms with E-state index in [0.29, 0.717) is 23.4 Å². The summed E-state index contributed by atoms with van der Waals surface area (Å²) in [5, 5.41) is 3.46. The highest BCUT2D eigenvalue weighted by Gasteiger charge is 2.06. The van der Waals surface area contributed by atoms with Crippen molar-refractivity contribution < 1.29 is 4.79 Å². The summed E-state index contributed by atoms with van der Waals surface area (Å²) in [6.07, 6.45) is 0.822. The molecule has 5 nitrogen and oxygen atoms in total. The third-order valence-electron chi connectivity index (χ3n) is 3.57. The quantitative estimate of drug-likeness (QED) is 0.596. The number of aromatic nitrogens is 2. The van der Waals surface area contributed by atoms with E-state index in [9.17, 15) is 4.79 Å². The van der Waals surface area contributed by atoms with Gasteiger partial charge in [-0.05, 0) is 30.4 Å². The van der Waals surface area contributed by atoms with Crippen LogP contribution in [0.25, 0.3) is 0 Å². The van der Waals surface area contributed by atoms with Gasteiger partial charge in [0.1, 0.15) is 5.82 Å². The number of nitrogen functional groups attached to an aromatic ring is 1. The first-order valence-electron chi connectivity index (χ1n) is 8.03. The summed E-state index contributed by atoms with van der Waals surface area (Å²) in [6.45, 7) is 6.83. The van der Waals surface area contributed by atoms with Crippen LogP contribution < -0.4 is 11.1 Å². The zero-order valence-electron chi connectivity index (χ0n) is 14.4. The number of amides is 1. The Morgan fingerprint density at radius 1 is 1.25 bits per heavy atom. The SMILES string of the molecule is Cc1cc(N)nc(SCC(=O)NCCc2ccc(C(C)C)cc2)n1. The van der Waals surface area contributed by atoms with Gasteiger partial charge in [-0.1, -0.05) is 49.9 Å². The molecule has 0 bridgehead atoms. The van der Waals surface area contributed by atoms with E-state index in [4.69, 9.17) is 5.73 Å². The average Bonchev–Trinajstić information content (AvgIpc) is 2.52. The molecule has 0 aliphatic heterocycles. The Morgan fingerprint density at radius 2 is 1.96 bits per heavy atom. The van der Waals surface area contributed by atoms with E-state index in [1.807, 2.05) is 6.92 Å². The second kappa shape index (κ2) is 8.68. The molecule has 0 spiro atoms. The number of nitrogens with zero attached hydrogens (tertiary/aromatic N) is 2. The molecule has 3 N–H and O–H groups in total. The van der Waals surface area contributed by atoms with Crippen molar-refractivity contribution >= 4 is 23.5 Å². The first-order chi connectivity index (χ1) is 11.4. The van der Waals surface area contributed by atoms with Crippen LogP contribution in [0.5, 0.6) is 0 Å². The Balaban J connectivity index is 1.73. The highest BCUT2D eigenvalue weighted by Crippen LogP contribution is 2.15. The number of anilines is 1. The molecular weight excluding hydrogens is 320 g/mol. The van der Waals surface area contributed by atoms with E-state index in [1.165, 1.54) is 22.9 Å². The average molecular weight is 344 g/mol. The van der Waals surface area contributed by atoms with Gasteiger partial charge in [0, 0.05) is 18.3 Å². The zero-order valence-corrected chi connectivity index (χ0v) is 15.2. The molecule has 0 aliphatic carbocycles. The number of hydrogen-bond donors (Lipinski definition) is 2. The molecule has 1 aromatic carbocycles. The standard InChI is InChI=1S/C18H24N4OS/c1-12(2)15-6-4-14(5-7-15)8-9-20-17(23)11-24-18-21-13(3)10-16(19)22-18/h4-7,10,12H,8-9,11H2,1-3H3,(H,20,23)(H2,19,21,22). The number of benzene rings is 1. The third kappa shape index (κ3) is 5.85. The van der Waals surface area contributed by atoms with Gasteiger partial charge in [-0.3, -0.25) is 4.79 Å². The van der Waals surface area contributed by atoms with Gasteiger partial charge in [0.2, 0.25) is 5.91 Å². The Labute approximate surface area is 147 Å².